The first kappa shape index (κ1) is 11.9. The van der Waals surface area contributed by atoms with Crippen LogP contribution in [0.25, 0.3) is 10.8 Å². The molecule has 0 spiro atoms. The summed E-state index contributed by atoms with van der Waals surface area (Å²) in [7, 11) is 0. The summed E-state index contributed by atoms with van der Waals surface area (Å²) >= 11 is 4.72. The Bertz CT molecular complexity index is 629. The maximum Gasteiger partial charge on any atom is 0.208 e. The Kier molecular flexibility index (Phi) is 3.18. The highest BCUT2D eigenvalue weighted by Gasteiger charge is 2.18. The number of amidine groups is 1. The molecule has 92 valence electrons. The molecule has 1 N–H and O–H groups in total. The van der Waals surface area contributed by atoms with Gasteiger partial charge in [-0.25, -0.2) is 0 Å². The molecule has 0 saturated carbocycles. The van der Waals surface area contributed by atoms with Crippen LogP contribution in [0.1, 0.15) is 18.4 Å². The average Bonchev–Trinajstić information content (AvgIpc) is 2.91. The standard InChI is InChI=1S/C13H11BrN2OS/c1-8(13-15-17-18-16-13)9-5-6-11-10(7-9)3-2-4-12(11)14/h2-8H,1H3,(H,15,16). The van der Waals surface area contributed by atoms with Crippen molar-refractivity contribution in [1.29, 1.82) is 0 Å². The maximum atomic E-state index is 4.89. The van der Waals surface area contributed by atoms with E-state index < -0.39 is 0 Å². The molecule has 0 amide bonds. The van der Waals surface area contributed by atoms with Gasteiger partial charge in [0.1, 0.15) is 0 Å². The fraction of sp³-hybridized carbons (Fsp3) is 0.154. The highest BCUT2D eigenvalue weighted by molar-refractivity contribution is 9.10. The minimum atomic E-state index is 0.198. The number of oxime groups is 1. The van der Waals surface area contributed by atoms with Gasteiger partial charge in [-0.2, -0.15) is 0 Å². The molecule has 5 heteroatoms. The number of rotatable bonds is 2. The molecular formula is C13H11BrN2OS. The van der Waals surface area contributed by atoms with Gasteiger partial charge >= 0.3 is 0 Å². The van der Waals surface area contributed by atoms with Crippen LogP contribution in [0.15, 0.2) is 46.0 Å². The molecule has 1 atom stereocenters. The van der Waals surface area contributed by atoms with Crippen LogP contribution in [0.5, 0.6) is 0 Å². The molecule has 0 radical (unpaired) electrons. The van der Waals surface area contributed by atoms with Crippen LogP contribution in [0.4, 0.5) is 0 Å². The molecule has 2 aromatic carbocycles. The third-order valence-electron chi connectivity index (χ3n) is 3.08. The fourth-order valence-electron chi connectivity index (χ4n) is 2.00. The van der Waals surface area contributed by atoms with Gasteiger partial charge in [0.2, 0.25) is 12.2 Å². The second-order valence-corrected chi connectivity index (χ2v) is 5.55. The summed E-state index contributed by atoms with van der Waals surface area (Å²) in [5.74, 6) is 1.05. The maximum absolute atomic E-state index is 4.89. The van der Waals surface area contributed by atoms with E-state index in [1.165, 1.54) is 16.3 Å². The lowest BCUT2D eigenvalue weighted by molar-refractivity contribution is 0.414. The average molecular weight is 323 g/mol. The van der Waals surface area contributed by atoms with Crippen molar-refractivity contribution in [2.75, 3.05) is 0 Å². The zero-order chi connectivity index (χ0) is 12.5. The van der Waals surface area contributed by atoms with E-state index in [0.29, 0.717) is 0 Å². The monoisotopic (exact) mass is 322 g/mol. The lowest BCUT2D eigenvalue weighted by atomic mass is 9.97. The molecule has 18 heavy (non-hydrogen) atoms. The predicted molar refractivity (Wildman–Crippen MR) is 79.3 cm³/mol. The molecule has 1 unspecified atom stereocenters. The van der Waals surface area contributed by atoms with E-state index in [4.69, 9.17) is 4.28 Å². The van der Waals surface area contributed by atoms with Gasteiger partial charge in [-0.05, 0) is 22.4 Å². The smallest absolute Gasteiger partial charge is 0.208 e. The lowest BCUT2D eigenvalue weighted by Gasteiger charge is -2.11. The number of hydrogen-bond acceptors (Lipinski definition) is 4. The summed E-state index contributed by atoms with van der Waals surface area (Å²) in [6.45, 7) is 2.11. The van der Waals surface area contributed by atoms with Crippen LogP contribution >= 0.6 is 28.2 Å². The van der Waals surface area contributed by atoms with Crippen LogP contribution in [0.3, 0.4) is 0 Å². The molecule has 1 aliphatic rings. The first-order valence-corrected chi connectivity index (χ1v) is 7.14. The van der Waals surface area contributed by atoms with E-state index in [2.05, 4.69) is 63.1 Å². The fourth-order valence-corrected chi connectivity index (χ4v) is 2.96. The second kappa shape index (κ2) is 4.82. The number of benzene rings is 2. The molecule has 0 bridgehead atoms. The van der Waals surface area contributed by atoms with Crippen LogP contribution in [-0.2, 0) is 4.28 Å². The number of halogens is 1. The van der Waals surface area contributed by atoms with E-state index in [9.17, 15) is 0 Å². The van der Waals surface area contributed by atoms with Crippen LogP contribution in [0.2, 0.25) is 0 Å². The molecule has 3 nitrogen and oxygen atoms in total. The van der Waals surface area contributed by atoms with Crippen molar-refractivity contribution in [1.82, 2.24) is 4.72 Å². The van der Waals surface area contributed by atoms with E-state index in [-0.39, 0.29) is 5.92 Å². The lowest BCUT2D eigenvalue weighted by Crippen LogP contribution is -2.18. The number of nitrogens with zero attached hydrogens (tertiary/aromatic N) is 1. The topological polar surface area (TPSA) is 33.6 Å². The predicted octanol–water partition coefficient (Wildman–Crippen LogP) is 4.20. The summed E-state index contributed by atoms with van der Waals surface area (Å²) in [5, 5.41) is 6.41. The Balaban J connectivity index is 2.03. The van der Waals surface area contributed by atoms with Crippen molar-refractivity contribution < 1.29 is 4.28 Å². The van der Waals surface area contributed by atoms with Gasteiger partial charge in [-0.1, -0.05) is 58.3 Å². The van der Waals surface area contributed by atoms with Crippen molar-refractivity contribution in [3.05, 3.63) is 46.4 Å². The zero-order valence-corrected chi connectivity index (χ0v) is 12.1. The Labute approximate surface area is 118 Å². The quantitative estimate of drug-likeness (QED) is 0.664. The Morgan fingerprint density at radius 1 is 1.33 bits per heavy atom. The van der Waals surface area contributed by atoms with Gasteiger partial charge in [0, 0.05) is 10.4 Å². The SMILES string of the molecule is CC(C1=NOSN1)c1ccc2c(Br)cccc2c1. The van der Waals surface area contributed by atoms with E-state index in [1.54, 1.807) is 0 Å². The second-order valence-electron chi connectivity index (χ2n) is 4.18. The Morgan fingerprint density at radius 2 is 2.22 bits per heavy atom. The summed E-state index contributed by atoms with van der Waals surface area (Å²) in [6.07, 6.45) is 0. The number of nitrogens with one attached hydrogen (secondary N) is 1. The molecule has 0 aromatic heterocycles. The first-order valence-electron chi connectivity index (χ1n) is 5.60. The van der Waals surface area contributed by atoms with Crippen molar-refractivity contribution in [2.24, 2.45) is 5.16 Å². The summed E-state index contributed by atoms with van der Waals surface area (Å²) in [5.41, 5.74) is 1.22. The van der Waals surface area contributed by atoms with Crippen LogP contribution < -0.4 is 4.72 Å². The number of hydrogen-bond donors (Lipinski definition) is 1. The molecule has 0 saturated heterocycles. The van der Waals surface area contributed by atoms with Gasteiger partial charge < -0.3 is 0 Å². The normalized spacial score (nSPS) is 16.0. The molecule has 1 aliphatic heterocycles. The molecule has 2 aromatic rings. The Hall–Kier alpha value is -1.20. The van der Waals surface area contributed by atoms with Gasteiger partial charge in [0.15, 0.2) is 5.84 Å². The van der Waals surface area contributed by atoms with Gasteiger partial charge in [0.05, 0.1) is 0 Å². The van der Waals surface area contributed by atoms with E-state index in [1.807, 2.05) is 6.07 Å². The molecule has 1 heterocycles. The number of fused-ring (bicyclic) bond motifs is 1. The van der Waals surface area contributed by atoms with E-state index >= 15 is 0 Å². The highest BCUT2D eigenvalue weighted by Crippen LogP contribution is 2.28. The van der Waals surface area contributed by atoms with Crippen molar-refractivity contribution in [3.63, 3.8) is 0 Å². The van der Waals surface area contributed by atoms with Gasteiger partial charge in [0.25, 0.3) is 0 Å². The van der Waals surface area contributed by atoms with Crippen LogP contribution in [-0.4, -0.2) is 5.84 Å². The highest BCUT2D eigenvalue weighted by atomic mass is 79.9. The minimum absolute atomic E-state index is 0.198. The third kappa shape index (κ3) is 2.08. The molecule has 3 rings (SSSR count). The minimum Gasteiger partial charge on any atom is -0.297 e. The largest absolute Gasteiger partial charge is 0.297 e. The third-order valence-corrected chi connectivity index (χ3v) is 4.21. The van der Waals surface area contributed by atoms with Gasteiger partial charge in [-0.3, -0.25) is 9.01 Å². The van der Waals surface area contributed by atoms with Crippen molar-refractivity contribution >= 4 is 44.8 Å². The van der Waals surface area contributed by atoms with Crippen molar-refractivity contribution in [2.45, 2.75) is 12.8 Å². The molecule has 0 fully saturated rings. The van der Waals surface area contributed by atoms with E-state index in [0.717, 1.165) is 22.5 Å². The molecular weight excluding hydrogens is 312 g/mol. The summed E-state index contributed by atoms with van der Waals surface area (Å²) < 4.78 is 9.06. The van der Waals surface area contributed by atoms with Gasteiger partial charge in [-0.15, -0.1) is 0 Å². The van der Waals surface area contributed by atoms with Crippen molar-refractivity contribution in [3.8, 4) is 0 Å². The van der Waals surface area contributed by atoms with Crippen LogP contribution in [0, 0.1) is 0 Å². The molecule has 0 aliphatic carbocycles. The first-order chi connectivity index (χ1) is 8.75. The Morgan fingerprint density at radius 3 is 3.00 bits per heavy atom. The zero-order valence-electron chi connectivity index (χ0n) is 9.68. The summed E-state index contributed by atoms with van der Waals surface area (Å²) in [6, 6.07) is 12.7. The summed E-state index contributed by atoms with van der Waals surface area (Å²) in [4.78, 5) is 0.